The summed E-state index contributed by atoms with van der Waals surface area (Å²) in [4.78, 5) is 12.5. The molecule has 0 unspecified atom stereocenters. The SMILES string of the molecule is CS(=O)(=O)N1CC[C@@H](C(=O)Nc2ccc(F)cc2F)Oc2ccc(Cl)cc21. The summed E-state index contributed by atoms with van der Waals surface area (Å²) in [5.74, 6) is -2.23. The lowest BCUT2D eigenvalue weighted by Gasteiger charge is -2.21. The number of nitrogens with one attached hydrogen (secondary N) is 1. The monoisotopic (exact) mass is 416 g/mol. The van der Waals surface area contributed by atoms with Crippen molar-refractivity contribution in [2.45, 2.75) is 12.5 Å². The van der Waals surface area contributed by atoms with Crippen LogP contribution in [0.3, 0.4) is 0 Å². The zero-order valence-corrected chi connectivity index (χ0v) is 15.7. The Labute approximate surface area is 159 Å². The summed E-state index contributed by atoms with van der Waals surface area (Å²) in [5.41, 5.74) is 0.0128. The maximum Gasteiger partial charge on any atom is 0.265 e. The largest absolute Gasteiger partial charge is 0.478 e. The number of carbonyl (C=O) groups is 1. The van der Waals surface area contributed by atoms with Crippen molar-refractivity contribution in [1.82, 2.24) is 0 Å². The predicted molar refractivity (Wildman–Crippen MR) is 97.7 cm³/mol. The first-order valence-electron chi connectivity index (χ1n) is 7.85. The van der Waals surface area contributed by atoms with Gasteiger partial charge in [0, 0.05) is 24.1 Å². The van der Waals surface area contributed by atoms with Gasteiger partial charge in [0.2, 0.25) is 10.0 Å². The molecule has 1 aliphatic heterocycles. The zero-order chi connectivity index (χ0) is 19.8. The van der Waals surface area contributed by atoms with Crippen molar-refractivity contribution in [3.63, 3.8) is 0 Å². The molecule has 0 aliphatic carbocycles. The van der Waals surface area contributed by atoms with Gasteiger partial charge >= 0.3 is 0 Å². The third kappa shape index (κ3) is 4.30. The number of anilines is 2. The number of halogens is 3. The van der Waals surface area contributed by atoms with Crippen molar-refractivity contribution in [3.05, 3.63) is 53.1 Å². The van der Waals surface area contributed by atoms with Crippen molar-refractivity contribution in [1.29, 1.82) is 0 Å². The average molecular weight is 417 g/mol. The van der Waals surface area contributed by atoms with Gasteiger partial charge in [-0.2, -0.15) is 0 Å². The van der Waals surface area contributed by atoms with E-state index in [-0.39, 0.29) is 30.1 Å². The Morgan fingerprint density at radius 2 is 2.00 bits per heavy atom. The normalized spacial score (nSPS) is 16.9. The van der Waals surface area contributed by atoms with Crippen molar-refractivity contribution >= 4 is 38.9 Å². The van der Waals surface area contributed by atoms with Gasteiger partial charge in [0.1, 0.15) is 17.4 Å². The lowest BCUT2D eigenvalue weighted by molar-refractivity contribution is -0.122. The molecule has 1 amide bonds. The first-order valence-corrected chi connectivity index (χ1v) is 10.1. The second-order valence-electron chi connectivity index (χ2n) is 5.96. The van der Waals surface area contributed by atoms with E-state index in [4.69, 9.17) is 16.3 Å². The average Bonchev–Trinajstić information content (AvgIpc) is 2.76. The number of sulfonamides is 1. The molecular formula is C17H15ClF2N2O4S. The van der Waals surface area contributed by atoms with Crippen LogP contribution in [0, 0.1) is 11.6 Å². The van der Waals surface area contributed by atoms with E-state index >= 15 is 0 Å². The molecule has 27 heavy (non-hydrogen) atoms. The van der Waals surface area contributed by atoms with Gasteiger partial charge in [-0.15, -0.1) is 0 Å². The number of benzene rings is 2. The fourth-order valence-corrected chi connectivity index (χ4v) is 3.79. The van der Waals surface area contributed by atoms with E-state index in [1.807, 2.05) is 0 Å². The molecule has 1 aliphatic rings. The number of ether oxygens (including phenoxy) is 1. The van der Waals surface area contributed by atoms with Crippen molar-refractivity contribution < 1.29 is 26.7 Å². The topological polar surface area (TPSA) is 75.7 Å². The lowest BCUT2D eigenvalue weighted by Crippen LogP contribution is -2.36. The molecule has 0 bridgehead atoms. The van der Waals surface area contributed by atoms with Gasteiger partial charge in [0.25, 0.3) is 5.91 Å². The molecule has 2 aromatic rings. The van der Waals surface area contributed by atoms with E-state index in [9.17, 15) is 22.0 Å². The van der Waals surface area contributed by atoms with Crippen LogP contribution in [0.2, 0.25) is 5.02 Å². The highest BCUT2D eigenvalue weighted by Gasteiger charge is 2.31. The minimum Gasteiger partial charge on any atom is -0.478 e. The van der Waals surface area contributed by atoms with Crippen LogP contribution in [0.4, 0.5) is 20.2 Å². The summed E-state index contributed by atoms with van der Waals surface area (Å²) in [6, 6.07) is 7.13. The maximum absolute atomic E-state index is 13.8. The second kappa shape index (κ2) is 7.32. The summed E-state index contributed by atoms with van der Waals surface area (Å²) in [6.07, 6.45) is -0.0267. The molecule has 0 saturated heterocycles. The fourth-order valence-electron chi connectivity index (χ4n) is 2.69. The van der Waals surface area contributed by atoms with E-state index in [1.54, 1.807) is 0 Å². The van der Waals surface area contributed by atoms with E-state index < -0.39 is 33.7 Å². The molecule has 144 valence electrons. The molecule has 0 aromatic heterocycles. The standard InChI is InChI=1S/C17H15ClF2N2O4S/c1-27(24,25)22-7-6-16(26-15-5-2-10(18)8-14(15)22)17(23)21-13-4-3-11(19)9-12(13)20/h2-5,8-9,16H,6-7H2,1H3,(H,21,23)/t16-/m0/s1. The first-order chi connectivity index (χ1) is 12.6. The number of fused-ring (bicyclic) bond motifs is 1. The Morgan fingerprint density at radius 1 is 1.26 bits per heavy atom. The third-order valence-electron chi connectivity index (χ3n) is 3.94. The van der Waals surface area contributed by atoms with Crippen LogP contribution >= 0.6 is 11.6 Å². The molecule has 1 heterocycles. The van der Waals surface area contributed by atoms with E-state index in [2.05, 4.69) is 5.32 Å². The third-order valence-corrected chi connectivity index (χ3v) is 5.35. The van der Waals surface area contributed by atoms with Crippen LogP contribution in [-0.2, 0) is 14.8 Å². The van der Waals surface area contributed by atoms with Crippen LogP contribution < -0.4 is 14.4 Å². The number of carbonyl (C=O) groups excluding carboxylic acids is 1. The van der Waals surface area contributed by atoms with Crippen LogP contribution in [0.5, 0.6) is 5.75 Å². The molecule has 1 N–H and O–H groups in total. The van der Waals surface area contributed by atoms with E-state index in [0.717, 1.165) is 22.7 Å². The van der Waals surface area contributed by atoms with Gasteiger partial charge in [-0.3, -0.25) is 9.10 Å². The van der Waals surface area contributed by atoms with Crippen LogP contribution in [0.1, 0.15) is 6.42 Å². The number of amides is 1. The quantitative estimate of drug-likeness (QED) is 0.833. The Morgan fingerprint density at radius 3 is 2.67 bits per heavy atom. The molecule has 0 saturated carbocycles. The molecule has 1 atom stereocenters. The Kier molecular flexibility index (Phi) is 5.25. The Bertz CT molecular complexity index is 1000. The van der Waals surface area contributed by atoms with Gasteiger partial charge in [-0.1, -0.05) is 11.6 Å². The highest BCUT2D eigenvalue weighted by Crippen LogP contribution is 2.36. The number of nitrogens with zero attached hydrogens (tertiary/aromatic N) is 1. The lowest BCUT2D eigenvalue weighted by atomic mass is 10.2. The van der Waals surface area contributed by atoms with Crippen LogP contribution in [-0.4, -0.2) is 33.2 Å². The highest BCUT2D eigenvalue weighted by atomic mass is 35.5. The second-order valence-corrected chi connectivity index (χ2v) is 8.30. The molecule has 0 radical (unpaired) electrons. The summed E-state index contributed by atoms with van der Waals surface area (Å²) in [6.45, 7) is -0.0316. The zero-order valence-electron chi connectivity index (χ0n) is 14.1. The van der Waals surface area contributed by atoms with Crippen LogP contribution in [0.15, 0.2) is 36.4 Å². The summed E-state index contributed by atoms with van der Waals surface area (Å²) in [7, 11) is -3.64. The van der Waals surface area contributed by atoms with Gasteiger partial charge < -0.3 is 10.1 Å². The molecule has 10 heteroatoms. The summed E-state index contributed by atoms with van der Waals surface area (Å²) < 4.78 is 57.7. The molecule has 0 fully saturated rings. The van der Waals surface area contributed by atoms with Gasteiger partial charge in [0.05, 0.1) is 17.6 Å². The minimum atomic E-state index is -3.64. The number of hydrogen-bond donors (Lipinski definition) is 1. The van der Waals surface area contributed by atoms with E-state index in [1.165, 1.54) is 18.2 Å². The van der Waals surface area contributed by atoms with Gasteiger partial charge in [-0.05, 0) is 30.3 Å². The van der Waals surface area contributed by atoms with Gasteiger partial charge in [-0.25, -0.2) is 17.2 Å². The Balaban J connectivity index is 1.88. The minimum absolute atomic E-state index is 0.0218. The smallest absolute Gasteiger partial charge is 0.265 e. The molecule has 2 aromatic carbocycles. The van der Waals surface area contributed by atoms with Crippen LogP contribution in [0.25, 0.3) is 0 Å². The van der Waals surface area contributed by atoms with Gasteiger partial charge in [0.15, 0.2) is 6.10 Å². The molecule has 3 rings (SSSR count). The maximum atomic E-state index is 13.8. The Hall–Kier alpha value is -2.39. The molecular weight excluding hydrogens is 402 g/mol. The van der Waals surface area contributed by atoms with Crippen molar-refractivity contribution in [2.24, 2.45) is 0 Å². The van der Waals surface area contributed by atoms with Crippen molar-refractivity contribution in [2.75, 3.05) is 22.4 Å². The number of hydrogen-bond acceptors (Lipinski definition) is 4. The fraction of sp³-hybridized carbons (Fsp3) is 0.235. The van der Waals surface area contributed by atoms with E-state index in [0.29, 0.717) is 11.1 Å². The molecule has 0 spiro atoms. The highest BCUT2D eigenvalue weighted by molar-refractivity contribution is 7.92. The predicted octanol–water partition coefficient (Wildman–Crippen LogP) is 3.17. The number of rotatable bonds is 3. The van der Waals surface area contributed by atoms with Crippen molar-refractivity contribution in [3.8, 4) is 5.75 Å². The molecule has 6 nitrogen and oxygen atoms in total. The first kappa shape index (κ1) is 19.4. The summed E-state index contributed by atoms with van der Waals surface area (Å²) >= 11 is 5.95. The summed E-state index contributed by atoms with van der Waals surface area (Å²) in [5, 5.41) is 2.64.